The SMILES string of the molecule is c1ccc(-c2c3ccccc3c(-c3cc4ccccc4c4ccccc34)c3ccc(-c4ccc(-c5ccccn5)nc4)cc23)cc1. The van der Waals surface area contributed by atoms with Crippen molar-refractivity contribution >= 4 is 43.1 Å². The summed E-state index contributed by atoms with van der Waals surface area (Å²) in [7, 11) is 0. The fraction of sp³-hybridized carbons (Fsp3) is 0. The van der Waals surface area contributed by atoms with Gasteiger partial charge < -0.3 is 0 Å². The maximum Gasteiger partial charge on any atom is 0.0886 e. The molecule has 0 unspecified atom stereocenters. The van der Waals surface area contributed by atoms with Gasteiger partial charge in [0.25, 0.3) is 0 Å². The summed E-state index contributed by atoms with van der Waals surface area (Å²) >= 11 is 0. The smallest absolute Gasteiger partial charge is 0.0886 e. The number of aromatic nitrogens is 2. The molecule has 0 aliphatic carbocycles. The van der Waals surface area contributed by atoms with E-state index in [1.165, 1.54) is 65.3 Å². The molecule has 0 radical (unpaired) electrons. The van der Waals surface area contributed by atoms with E-state index in [2.05, 4.69) is 145 Å². The van der Waals surface area contributed by atoms with Crippen LogP contribution in [0.5, 0.6) is 0 Å². The Balaban J connectivity index is 1.37. The van der Waals surface area contributed by atoms with E-state index in [4.69, 9.17) is 4.98 Å². The van der Waals surface area contributed by atoms with Crippen LogP contribution in [-0.2, 0) is 0 Å². The highest BCUT2D eigenvalue weighted by atomic mass is 14.8. The van der Waals surface area contributed by atoms with Crippen molar-refractivity contribution < 1.29 is 0 Å². The third-order valence-electron chi connectivity index (χ3n) is 9.15. The molecular weight excluding hydrogens is 556 g/mol. The standard InChI is InChI=1S/C44H28N2/c1-2-12-29(13-3-1)43-36-18-8-9-19-37(36)44(39-27-31-14-4-5-15-33(31)34-16-6-7-17-35(34)39)38-23-21-30(26-40(38)43)32-22-24-42(46-28-32)41-20-10-11-25-45-41/h1-28H. The Hall–Kier alpha value is -6.12. The third-order valence-corrected chi connectivity index (χ3v) is 9.15. The molecule has 0 spiro atoms. The summed E-state index contributed by atoms with van der Waals surface area (Å²) in [5.74, 6) is 0. The van der Waals surface area contributed by atoms with Gasteiger partial charge in [-0.1, -0.05) is 127 Å². The van der Waals surface area contributed by atoms with Gasteiger partial charge in [-0.15, -0.1) is 0 Å². The molecule has 0 saturated carbocycles. The highest BCUT2D eigenvalue weighted by Gasteiger charge is 2.19. The molecule has 214 valence electrons. The van der Waals surface area contributed by atoms with Crippen LogP contribution >= 0.6 is 0 Å². The van der Waals surface area contributed by atoms with E-state index in [1.807, 2.05) is 24.4 Å². The first-order valence-corrected chi connectivity index (χ1v) is 15.7. The molecule has 0 aliphatic heterocycles. The molecule has 7 aromatic carbocycles. The minimum Gasteiger partial charge on any atom is -0.255 e. The molecule has 46 heavy (non-hydrogen) atoms. The number of benzene rings is 7. The predicted octanol–water partition coefficient (Wildman–Crippen LogP) is 11.8. The molecule has 9 aromatic rings. The topological polar surface area (TPSA) is 25.8 Å². The fourth-order valence-corrected chi connectivity index (χ4v) is 7.06. The Morgan fingerprint density at radius 1 is 0.326 bits per heavy atom. The van der Waals surface area contributed by atoms with Crippen LogP contribution in [0.3, 0.4) is 0 Å². The van der Waals surface area contributed by atoms with Gasteiger partial charge in [0, 0.05) is 18.0 Å². The van der Waals surface area contributed by atoms with Gasteiger partial charge in [-0.3, -0.25) is 9.97 Å². The minimum atomic E-state index is 0.867. The lowest BCUT2D eigenvalue weighted by Crippen LogP contribution is -1.93. The summed E-state index contributed by atoms with van der Waals surface area (Å²) in [5, 5.41) is 10.0. The van der Waals surface area contributed by atoms with E-state index in [-0.39, 0.29) is 0 Å². The molecule has 9 rings (SSSR count). The molecule has 0 atom stereocenters. The van der Waals surface area contributed by atoms with Crippen LogP contribution in [0.15, 0.2) is 170 Å². The van der Waals surface area contributed by atoms with Crippen LogP contribution in [0.2, 0.25) is 0 Å². The van der Waals surface area contributed by atoms with Crippen molar-refractivity contribution in [2.24, 2.45) is 0 Å². The second-order valence-corrected chi connectivity index (χ2v) is 11.8. The van der Waals surface area contributed by atoms with Crippen molar-refractivity contribution in [1.82, 2.24) is 9.97 Å². The zero-order valence-electron chi connectivity index (χ0n) is 25.1. The zero-order valence-corrected chi connectivity index (χ0v) is 25.1. The minimum absolute atomic E-state index is 0.867. The molecule has 2 aromatic heterocycles. The number of rotatable bonds is 4. The Morgan fingerprint density at radius 3 is 1.72 bits per heavy atom. The van der Waals surface area contributed by atoms with Gasteiger partial charge in [-0.25, -0.2) is 0 Å². The van der Waals surface area contributed by atoms with Crippen LogP contribution in [0.25, 0.3) is 87.9 Å². The first-order chi connectivity index (χ1) is 22.8. The maximum atomic E-state index is 4.80. The van der Waals surface area contributed by atoms with Gasteiger partial charge in [0.2, 0.25) is 0 Å². The van der Waals surface area contributed by atoms with Crippen molar-refractivity contribution in [2.75, 3.05) is 0 Å². The molecule has 0 N–H and O–H groups in total. The third kappa shape index (κ3) is 4.27. The molecule has 0 saturated heterocycles. The van der Waals surface area contributed by atoms with Crippen LogP contribution in [0, 0.1) is 0 Å². The Morgan fingerprint density at radius 2 is 0.957 bits per heavy atom. The molecule has 2 nitrogen and oxygen atoms in total. The summed E-state index contributed by atoms with van der Waals surface area (Å²) in [6.45, 7) is 0. The summed E-state index contributed by atoms with van der Waals surface area (Å²) in [6.07, 6.45) is 3.77. The van der Waals surface area contributed by atoms with E-state index in [1.54, 1.807) is 6.20 Å². The molecule has 0 bridgehead atoms. The number of hydrogen-bond donors (Lipinski definition) is 0. The zero-order chi connectivity index (χ0) is 30.5. The lowest BCUT2D eigenvalue weighted by molar-refractivity contribution is 1.25. The average molecular weight is 585 g/mol. The molecular formula is C44H28N2. The average Bonchev–Trinajstić information content (AvgIpc) is 3.14. The normalized spacial score (nSPS) is 11.5. The highest BCUT2D eigenvalue weighted by Crippen LogP contribution is 2.47. The summed E-state index contributed by atoms with van der Waals surface area (Å²) < 4.78 is 0. The Labute approximate surface area is 267 Å². The predicted molar refractivity (Wildman–Crippen MR) is 194 cm³/mol. The monoisotopic (exact) mass is 584 g/mol. The van der Waals surface area contributed by atoms with E-state index >= 15 is 0 Å². The lowest BCUT2D eigenvalue weighted by Gasteiger charge is -2.20. The van der Waals surface area contributed by atoms with Gasteiger partial charge >= 0.3 is 0 Å². The molecule has 2 heterocycles. The largest absolute Gasteiger partial charge is 0.255 e. The van der Waals surface area contributed by atoms with E-state index < -0.39 is 0 Å². The number of hydrogen-bond acceptors (Lipinski definition) is 2. The van der Waals surface area contributed by atoms with Crippen molar-refractivity contribution in [2.45, 2.75) is 0 Å². The second kappa shape index (κ2) is 10.8. The molecule has 0 fully saturated rings. The number of pyridine rings is 2. The van der Waals surface area contributed by atoms with Gasteiger partial charge in [0.05, 0.1) is 11.4 Å². The Bertz CT molecular complexity index is 2550. The maximum absolute atomic E-state index is 4.80. The van der Waals surface area contributed by atoms with Gasteiger partial charge in [0.15, 0.2) is 0 Å². The quantitative estimate of drug-likeness (QED) is 0.152. The van der Waals surface area contributed by atoms with E-state index in [0.717, 1.165) is 22.5 Å². The first-order valence-electron chi connectivity index (χ1n) is 15.7. The van der Waals surface area contributed by atoms with Crippen LogP contribution in [-0.4, -0.2) is 9.97 Å². The first kappa shape index (κ1) is 26.3. The van der Waals surface area contributed by atoms with Crippen molar-refractivity contribution in [1.29, 1.82) is 0 Å². The lowest BCUT2D eigenvalue weighted by atomic mass is 9.83. The number of fused-ring (bicyclic) bond motifs is 5. The highest BCUT2D eigenvalue weighted by molar-refractivity contribution is 6.26. The van der Waals surface area contributed by atoms with Gasteiger partial charge in [0.1, 0.15) is 0 Å². The number of nitrogens with zero attached hydrogens (tertiary/aromatic N) is 2. The van der Waals surface area contributed by atoms with E-state index in [9.17, 15) is 0 Å². The second-order valence-electron chi connectivity index (χ2n) is 11.8. The summed E-state index contributed by atoms with van der Waals surface area (Å²) in [5.41, 5.74) is 8.93. The fourth-order valence-electron chi connectivity index (χ4n) is 7.06. The van der Waals surface area contributed by atoms with Gasteiger partial charge in [-0.2, -0.15) is 0 Å². The summed E-state index contributed by atoms with van der Waals surface area (Å²) in [6, 6.07) is 56.7. The van der Waals surface area contributed by atoms with Crippen molar-refractivity contribution in [3.05, 3.63) is 170 Å². The molecule has 2 heteroatoms. The van der Waals surface area contributed by atoms with Crippen LogP contribution in [0.1, 0.15) is 0 Å². The van der Waals surface area contributed by atoms with Gasteiger partial charge in [-0.05, 0) is 101 Å². The molecule has 0 amide bonds. The molecule has 0 aliphatic rings. The van der Waals surface area contributed by atoms with Crippen molar-refractivity contribution in [3.63, 3.8) is 0 Å². The summed E-state index contributed by atoms with van der Waals surface area (Å²) in [4.78, 5) is 9.28. The Kier molecular flexibility index (Phi) is 6.17. The van der Waals surface area contributed by atoms with Crippen molar-refractivity contribution in [3.8, 4) is 44.8 Å². The van der Waals surface area contributed by atoms with Crippen LogP contribution in [0.4, 0.5) is 0 Å². The van der Waals surface area contributed by atoms with Crippen LogP contribution < -0.4 is 0 Å². The van der Waals surface area contributed by atoms with E-state index in [0.29, 0.717) is 0 Å².